The lowest BCUT2D eigenvalue weighted by atomic mass is 9.92. The average Bonchev–Trinajstić information content (AvgIpc) is 2.59. The molecule has 1 amide bonds. The van der Waals surface area contributed by atoms with E-state index in [0.717, 1.165) is 5.69 Å². The molecule has 88 valence electrons. The number of likely N-dealkylation sites (tertiary alicyclic amines) is 1. The maximum absolute atomic E-state index is 11.8. The fourth-order valence-corrected chi connectivity index (χ4v) is 1.60. The highest BCUT2D eigenvalue weighted by Crippen LogP contribution is 2.21. The molecule has 0 aromatic carbocycles. The molecule has 0 unspecified atom stereocenters. The van der Waals surface area contributed by atoms with Crippen LogP contribution in [-0.2, 0) is 5.41 Å². The first-order valence-electron chi connectivity index (χ1n) is 5.41. The van der Waals surface area contributed by atoms with Crippen molar-refractivity contribution in [2.75, 3.05) is 13.1 Å². The first-order valence-corrected chi connectivity index (χ1v) is 5.41. The van der Waals surface area contributed by atoms with E-state index in [1.165, 1.54) is 0 Å². The van der Waals surface area contributed by atoms with Crippen LogP contribution in [0.3, 0.4) is 0 Å². The van der Waals surface area contributed by atoms with E-state index in [1.807, 2.05) is 0 Å². The monoisotopic (exact) mass is 223 g/mol. The van der Waals surface area contributed by atoms with Gasteiger partial charge >= 0.3 is 0 Å². The molecule has 0 radical (unpaired) electrons. The molecule has 2 rings (SSSR count). The number of nitrogens with one attached hydrogen (secondary N) is 1. The van der Waals surface area contributed by atoms with E-state index in [-0.39, 0.29) is 17.4 Å². The van der Waals surface area contributed by atoms with Crippen molar-refractivity contribution in [2.24, 2.45) is 0 Å². The number of aromatic amines is 1. The maximum atomic E-state index is 11.8. The van der Waals surface area contributed by atoms with Crippen LogP contribution in [0.2, 0.25) is 0 Å². The number of nitrogens with zero attached hydrogens (tertiary/aromatic N) is 2. The van der Waals surface area contributed by atoms with Crippen LogP contribution >= 0.6 is 0 Å². The molecular weight excluding hydrogens is 206 g/mol. The highest BCUT2D eigenvalue weighted by Gasteiger charge is 2.31. The van der Waals surface area contributed by atoms with Crippen molar-refractivity contribution in [1.29, 1.82) is 0 Å². The smallest absolute Gasteiger partial charge is 0.274 e. The first-order chi connectivity index (χ1) is 7.38. The molecular formula is C11H17N3O2. The van der Waals surface area contributed by atoms with Gasteiger partial charge in [-0.25, -0.2) is 0 Å². The third-order valence-corrected chi connectivity index (χ3v) is 2.75. The Hall–Kier alpha value is -1.36. The van der Waals surface area contributed by atoms with Crippen LogP contribution in [0.15, 0.2) is 6.07 Å². The minimum Gasteiger partial charge on any atom is -0.389 e. The topological polar surface area (TPSA) is 69.2 Å². The van der Waals surface area contributed by atoms with Gasteiger partial charge in [-0.3, -0.25) is 9.89 Å². The second-order valence-electron chi connectivity index (χ2n) is 5.28. The zero-order valence-corrected chi connectivity index (χ0v) is 9.82. The molecule has 0 aliphatic carbocycles. The third kappa shape index (κ3) is 1.95. The van der Waals surface area contributed by atoms with Gasteiger partial charge in [0.25, 0.3) is 5.91 Å². The summed E-state index contributed by atoms with van der Waals surface area (Å²) in [5, 5.41) is 16.0. The van der Waals surface area contributed by atoms with Crippen molar-refractivity contribution in [2.45, 2.75) is 32.3 Å². The van der Waals surface area contributed by atoms with Gasteiger partial charge in [-0.05, 0) is 6.07 Å². The summed E-state index contributed by atoms with van der Waals surface area (Å²) in [6, 6.07) is 1.78. The van der Waals surface area contributed by atoms with E-state index in [0.29, 0.717) is 18.8 Å². The minimum absolute atomic E-state index is 0.0417. The fourth-order valence-electron chi connectivity index (χ4n) is 1.60. The molecule has 0 bridgehead atoms. The number of hydrogen-bond donors (Lipinski definition) is 2. The summed E-state index contributed by atoms with van der Waals surface area (Å²) >= 11 is 0. The van der Waals surface area contributed by atoms with Crippen molar-refractivity contribution in [3.05, 3.63) is 17.5 Å². The van der Waals surface area contributed by atoms with Crippen LogP contribution in [0.25, 0.3) is 0 Å². The number of rotatable bonds is 1. The standard InChI is InChI=1S/C11H17N3O2/c1-11(2,3)9-4-8(12-13-9)10(16)14-5-7(15)6-14/h4,7,15H,5-6H2,1-3H3,(H,12,13). The molecule has 0 saturated carbocycles. The number of H-pyrrole nitrogens is 1. The van der Waals surface area contributed by atoms with Crippen LogP contribution < -0.4 is 0 Å². The Bertz CT molecular complexity index is 400. The summed E-state index contributed by atoms with van der Waals surface area (Å²) in [6.45, 7) is 7.00. The molecule has 1 aromatic heterocycles. The van der Waals surface area contributed by atoms with E-state index >= 15 is 0 Å². The number of carbonyl (C=O) groups excluding carboxylic acids is 1. The molecule has 5 heteroatoms. The lowest BCUT2D eigenvalue weighted by Gasteiger charge is -2.35. The van der Waals surface area contributed by atoms with E-state index < -0.39 is 0 Å². The molecule has 0 atom stereocenters. The molecule has 16 heavy (non-hydrogen) atoms. The average molecular weight is 223 g/mol. The Kier molecular flexibility index (Phi) is 2.50. The van der Waals surface area contributed by atoms with E-state index in [9.17, 15) is 4.79 Å². The lowest BCUT2D eigenvalue weighted by molar-refractivity contribution is 0.00550. The molecule has 1 aliphatic heterocycles. The van der Waals surface area contributed by atoms with E-state index in [2.05, 4.69) is 31.0 Å². The van der Waals surface area contributed by atoms with Gasteiger partial charge in [0.15, 0.2) is 0 Å². The van der Waals surface area contributed by atoms with Crippen LogP contribution in [0.4, 0.5) is 0 Å². The number of carbonyl (C=O) groups is 1. The predicted octanol–water partition coefficient (Wildman–Crippen LogP) is 0.524. The predicted molar refractivity (Wildman–Crippen MR) is 59.2 cm³/mol. The molecule has 0 spiro atoms. The van der Waals surface area contributed by atoms with E-state index in [1.54, 1.807) is 11.0 Å². The van der Waals surface area contributed by atoms with E-state index in [4.69, 9.17) is 5.11 Å². The number of aromatic nitrogens is 2. The number of aliphatic hydroxyl groups excluding tert-OH is 1. The maximum Gasteiger partial charge on any atom is 0.274 e. The second kappa shape index (κ2) is 3.59. The Balaban J connectivity index is 2.10. The van der Waals surface area contributed by atoms with Crippen molar-refractivity contribution in [3.8, 4) is 0 Å². The molecule has 5 nitrogen and oxygen atoms in total. The summed E-state index contributed by atoms with van der Waals surface area (Å²) in [5.41, 5.74) is 1.33. The van der Waals surface area contributed by atoms with Crippen LogP contribution in [-0.4, -0.2) is 45.3 Å². The number of amides is 1. The number of hydrogen-bond acceptors (Lipinski definition) is 3. The van der Waals surface area contributed by atoms with Crippen molar-refractivity contribution >= 4 is 5.91 Å². The summed E-state index contributed by atoms with van der Waals surface area (Å²) in [7, 11) is 0. The second-order valence-corrected chi connectivity index (χ2v) is 5.28. The Morgan fingerprint density at radius 2 is 2.19 bits per heavy atom. The van der Waals surface area contributed by atoms with Crippen molar-refractivity contribution in [1.82, 2.24) is 15.1 Å². The zero-order chi connectivity index (χ0) is 11.9. The Labute approximate surface area is 94.5 Å². The normalized spacial score (nSPS) is 17.4. The van der Waals surface area contributed by atoms with Crippen LogP contribution in [0, 0.1) is 0 Å². The Morgan fingerprint density at radius 3 is 2.62 bits per heavy atom. The first kappa shape index (κ1) is 11.1. The quantitative estimate of drug-likeness (QED) is 0.729. The third-order valence-electron chi connectivity index (χ3n) is 2.75. The number of aliphatic hydroxyl groups is 1. The molecule has 2 heterocycles. The van der Waals surface area contributed by atoms with Gasteiger partial charge < -0.3 is 10.0 Å². The van der Waals surface area contributed by atoms with Gasteiger partial charge in [0.2, 0.25) is 0 Å². The molecule has 1 saturated heterocycles. The Morgan fingerprint density at radius 1 is 1.56 bits per heavy atom. The van der Waals surface area contributed by atoms with Gasteiger partial charge in [-0.15, -0.1) is 0 Å². The SMILES string of the molecule is CC(C)(C)c1cc(C(=O)N2CC(O)C2)n[nH]1. The van der Waals surface area contributed by atoms with Crippen LogP contribution in [0.5, 0.6) is 0 Å². The molecule has 1 aliphatic rings. The minimum atomic E-state index is -0.370. The summed E-state index contributed by atoms with van der Waals surface area (Å²) in [5.74, 6) is -0.114. The van der Waals surface area contributed by atoms with Crippen molar-refractivity contribution in [3.63, 3.8) is 0 Å². The largest absolute Gasteiger partial charge is 0.389 e. The van der Waals surface area contributed by atoms with Crippen LogP contribution in [0.1, 0.15) is 37.0 Å². The molecule has 1 fully saturated rings. The lowest BCUT2D eigenvalue weighted by Crippen LogP contribution is -2.53. The summed E-state index contributed by atoms with van der Waals surface area (Å²) in [6.07, 6.45) is -0.370. The zero-order valence-electron chi connectivity index (χ0n) is 9.82. The highest BCUT2D eigenvalue weighted by atomic mass is 16.3. The van der Waals surface area contributed by atoms with Gasteiger partial charge in [0.05, 0.1) is 6.10 Å². The number of β-amino-alcohol motifs (C(OH)–C–C–N with tert-alkyl or cyclic N) is 1. The fraction of sp³-hybridized carbons (Fsp3) is 0.636. The summed E-state index contributed by atoms with van der Waals surface area (Å²) in [4.78, 5) is 13.4. The van der Waals surface area contributed by atoms with Gasteiger partial charge in [0.1, 0.15) is 5.69 Å². The van der Waals surface area contributed by atoms with Crippen molar-refractivity contribution < 1.29 is 9.90 Å². The molecule has 2 N–H and O–H groups in total. The van der Waals surface area contributed by atoms with Gasteiger partial charge in [0, 0.05) is 24.2 Å². The highest BCUT2D eigenvalue weighted by molar-refractivity contribution is 5.93. The van der Waals surface area contributed by atoms with Gasteiger partial charge in [-0.2, -0.15) is 5.10 Å². The molecule has 1 aromatic rings. The van der Waals surface area contributed by atoms with Gasteiger partial charge in [-0.1, -0.05) is 20.8 Å². The summed E-state index contributed by atoms with van der Waals surface area (Å²) < 4.78 is 0.